The van der Waals surface area contributed by atoms with Crippen molar-refractivity contribution in [2.75, 3.05) is 6.54 Å². The van der Waals surface area contributed by atoms with Gasteiger partial charge >= 0.3 is 0 Å². The van der Waals surface area contributed by atoms with Crippen molar-refractivity contribution >= 4 is 29.3 Å². The highest BCUT2D eigenvalue weighted by atomic mass is 16.2. The highest BCUT2D eigenvalue weighted by Crippen LogP contribution is 2.11. The van der Waals surface area contributed by atoms with Crippen LogP contribution in [-0.2, 0) is 19.2 Å². The summed E-state index contributed by atoms with van der Waals surface area (Å²) in [6, 6.07) is -2.79. The Balaban J connectivity index is 5.20. The fraction of sp³-hybridized carbons (Fsp3) is 0.750. The number of hydrogen-bond donors (Lipinski definition) is 5. The van der Waals surface area contributed by atoms with Crippen LogP contribution in [0, 0.1) is 11.8 Å². The van der Waals surface area contributed by atoms with E-state index in [1.165, 1.54) is 6.92 Å². The summed E-state index contributed by atoms with van der Waals surface area (Å²) in [7, 11) is 0. The number of carbonyl (C=O) groups excluding carboxylic acids is 4. The highest BCUT2D eigenvalue weighted by Gasteiger charge is 2.32. The van der Waals surface area contributed by atoms with Crippen molar-refractivity contribution in [1.82, 2.24) is 10.6 Å². The van der Waals surface area contributed by atoms with Crippen LogP contribution in [0.4, 0.5) is 0 Å². The number of amides is 2. The number of Topliss-reactive ketones (excluding diaryl/α,β-unsaturated/α-hetero) is 2. The minimum atomic E-state index is -1.00. The van der Waals surface area contributed by atoms with E-state index in [-0.39, 0.29) is 36.5 Å². The number of rotatable bonds is 14. The molecule has 0 spiro atoms. The van der Waals surface area contributed by atoms with Gasteiger partial charge in [0.05, 0.1) is 12.1 Å². The second-order valence-corrected chi connectivity index (χ2v) is 8.36. The van der Waals surface area contributed by atoms with Gasteiger partial charge in [-0.05, 0) is 37.5 Å². The molecule has 0 aromatic carbocycles. The molecule has 0 fully saturated rings. The summed E-state index contributed by atoms with van der Waals surface area (Å²) in [4.78, 5) is 53.3. The number of ketones is 2. The molecule has 10 heteroatoms. The first-order chi connectivity index (χ1) is 13.8. The zero-order valence-corrected chi connectivity index (χ0v) is 18.7. The zero-order chi connectivity index (χ0) is 23.4. The van der Waals surface area contributed by atoms with E-state index in [4.69, 9.17) is 17.2 Å². The smallest absolute Gasteiger partial charge is 0.243 e. The molecule has 2 amide bonds. The van der Waals surface area contributed by atoms with Gasteiger partial charge in [-0.25, -0.2) is 0 Å². The minimum absolute atomic E-state index is 0.0504. The second kappa shape index (κ2) is 13.7. The Morgan fingerprint density at radius 3 is 1.87 bits per heavy atom. The van der Waals surface area contributed by atoms with Crippen molar-refractivity contribution in [3.05, 3.63) is 0 Å². The van der Waals surface area contributed by atoms with E-state index in [0.29, 0.717) is 19.4 Å². The summed E-state index contributed by atoms with van der Waals surface area (Å²) in [5.41, 5.74) is 16.4. The molecule has 0 aliphatic rings. The van der Waals surface area contributed by atoms with E-state index < -0.39 is 35.6 Å². The number of guanidine groups is 1. The summed E-state index contributed by atoms with van der Waals surface area (Å²) in [6.45, 7) is 9.23. The van der Waals surface area contributed by atoms with Crippen LogP contribution in [0.3, 0.4) is 0 Å². The second-order valence-electron chi connectivity index (χ2n) is 8.36. The van der Waals surface area contributed by atoms with Gasteiger partial charge in [-0.1, -0.05) is 27.7 Å². The molecule has 0 saturated heterocycles. The first-order valence-electron chi connectivity index (χ1n) is 10.3. The van der Waals surface area contributed by atoms with Crippen molar-refractivity contribution in [1.29, 1.82) is 0 Å². The quantitative estimate of drug-likeness (QED) is 0.108. The van der Waals surface area contributed by atoms with Gasteiger partial charge in [0, 0.05) is 13.5 Å². The Kier molecular flexibility index (Phi) is 12.5. The summed E-state index contributed by atoms with van der Waals surface area (Å²) < 4.78 is 0. The fourth-order valence-corrected chi connectivity index (χ4v) is 2.93. The number of nitrogens with two attached hydrogens (primary N) is 3. The van der Waals surface area contributed by atoms with Gasteiger partial charge in [0.2, 0.25) is 23.4 Å². The molecule has 0 unspecified atom stereocenters. The maximum Gasteiger partial charge on any atom is 0.243 e. The topological polar surface area (TPSA) is 183 Å². The molecule has 172 valence electrons. The lowest BCUT2D eigenvalue weighted by atomic mass is 9.93. The molecule has 0 heterocycles. The Bertz CT molecular complexity index is 629. The van der Waals surface area contributed by atoms with Gasteiger partial charge in [-0.2, -0.15) is 0 Å². The van der Waals surface area contributed by atoms with E-state index in [9.17, 15) is 19.2 Å². The van der Waals surface area contributed by atoms with Gasteiger partial charge in [-0.15, -0.1) is 0 Å². The first kappa shape index (κ1) is 27.5. The predicted molar refractivity (Wildman–Crippen MR) is 116 cm³/mol. The standard InChI is InChI=1S/C20H38N6O4/c1-11(2)9-15(26-19(30)16(10-12(3)4)25-13(5)27)18(29)17(28)14(21)7-6-8-24-20(22)23/h11-12,14-16H,6-10,21H2,1-5H3,(H,25,27)(H,26,30)(H4,22,23,24)/t14-,15-,16-/m0/s1. The van der Waals surface area contributed by atoms with Crippen LogP contribution < -0.4 is 27.8 Å². The monoisotopic (exact) mass is 426 g/mol. The molecular formula is C20H38N6O4. The van der Waals surface area contributed by atoms with E-state index in [1.807, 2.05) is 27.7 Å². The largest absolute Gasteiger partial charge is 0.370 e. The zero-order valence-electron chi connectivity index (χ0n) is 18.7. The van der Waals surface area contributed by atoms with Crippen LogP contribution in [0.25, 0.3) is 0 Å². The molecule has 0 aromatic heterocycles. The molecule has 0 aliphatic carbocycles. The SMILES string of the molecule is CC(=O)N[C@@H](CC(C)C)C(=O)N[C@@H](CC(C)C)C(=O)C(=O)[C@@H](N)CCCN=C(N)N. The van der Waals surface area contributed by atoms with Crippen LogP contribution in [0.5, 0.6) is 0 Å². The van der Waals surface area contributed by atoms with Crippen molar-refractivity contribution < 1.29 is 19.2 Å². The minimum Gasteiger partial charge on any atom is -0.370 e. The van der Waals surface area contributed by atoms with E-state index in [1.54, 1.807) is 0 Å². The Morgan fingerprint density at radius 2 is 1.40 bits per heavy atom. The number of hydrogen-bond acceptors (Lipinski definition) is 6. The lowest BCUT2D eigenvalue weighted by molar-refractivity contribution is -0.140. The lowest BCUT2D eigenvalue weighted by Gasteiger charge is -2.25. The summed E-state index contributed by atoms with van der Waals surface area (Å²) in [5.74, 6) is -2.18. The average molecular weight is 427 g/mol. The number of nitrogens with zero attached hydrogens (tertiary/aromatic N) is 1. The maximum atomic E-state index is 12.8. The van der Waals surface area contributed by atoms with Gasteiger partial charge in [0.1, 0.15) is 6.04 Å². The summed E-state index contributed by atoms with van der Waals surface area (Å²) in [6.07, 6.45) is 1.38. The third-order valence-corrected chi connectivity index (χ3v) is 4.29. The Labute approximate surface area is 178 Å². The molecular weight excluding hydrogens is 388 g/mol. The van der Waals surface area contributed by atoms with Gasteiger partial charge in [-0.3, -0.25) is 24.2 Å². The molecule has 30 heavy (non-hydrogen) atoms. The van der Waals surface area contributed by atoms with Crippen LogP contribution in [-0.4, -0.2) is 54.0 Å². The predicted octanol–water partition coefficient (Wildman–Crippen LogP) is -0.413. The van der Waals surface area contributed by atoms with Gasteiger partial charge < -0.3 is 27.8 Å². The molecule has 0 rings (SSSR count). The van der Waals surface area contributed by atoms with E-state index in [0.717, 1.165) is 0 Å². The number of carbonyl (C=O) groups is 4. The Hall–Kier alpha value is -2.49. The molecule has 3 atom stereocenters. The van der Waals surface area contributed by atoms with Crippen LogP contribution >= 0.6 is 0 Å². The number of aliphatic imine (C=N–C) groups is 1. The van der Waals surface area contributed by atoms with Gasteiger partial charge in [0.25, 0.3) is 0 Å². The lowest BCUT2D eigenvalue weighted by Crippen LogP contribution is -2.54. The average Bonchev–Trinajstić information content (AvgIpc) is 2.61. The molecule has 0 aromatic rings. The van der Waals surface area contributed by atoms with Crippen molar-refractivity contribution in [3.8, 4) is 0 Å². The van der Waals surface area contributed by atoms with Crippen molar-refractivity contribution in [2.45, 2.75) is 78.4 Å². The van der Waals surface area contributed by atoms with Crippen LogP contribution in [0.15, 0.2) is 4.99 Å². The summed E-state index contributed by atoms with van der Waals surface area (Å²) >= 11 is 0. The molecule has 10 nitrogen and oxygen atoms in total. The molecule has 0 aliphatic heterocycles. The summed E-state index contributed by atoms with van der Waals surface area (Å²) in [5, 5.41) is 5.24. The van der Waals surface area contributed by atoms with E-state index >= 15 is 0 Å². The normalized spacial score (nSPS) is 14.0. The van der Waals surface area contributed by atoms with E-state index in [2.05, 4.69) is 15.6 Å². The van der Waals surface area contributed by atoms with Crippen LogP contribution in [0.1, 0.15) is 60.3 Å². The Morgan fingerprint density at radius 1 is 0.867 bits per heavy atom. The third kappa shape index (κ3) is 11.5. The molecule has 0 bridgehead atoms. The van der Waals surface area contributed by atoms with Gasteiger partial charge in [0.15, 0.2) is 5.96 Å². The molecule has 0 saturated carbocycles. The number of nitrogens with one attached hydrogen (secondary N) is 2. The van der Waals surface area contributed by atoms with Crippen molar-refractivity contribution in [2.24, 2.45) is 34.0 Å². The molecule has 8 N–H and O–H groups in total. The molecule has 0 radical (unpaired) electrons. The fourth-order valence-electron chi connectivity index (χ4n) is 2.93. The van der Waals surface area contributed by atoms with Crippen molar-refractivity contribution in [3.63, 3.8) is 0 Å². The highest BCUT2D eigenvalue weighted by molar-refractivity contribution is 6.41. The first-order valence-corrected chi connectivity index (χ1v) is 10.3. The third-order valence-electron chi connectivity index (χ3n) is 4.29. The maximum absolute atomic E-state index is 12.8. The van der Waals surface area contributed by atoms with Crippen LogP contribution in [0.2, 0.25) is 0 Å².